The van der Waals surface area contributed by atoms with Crippen LogP contribution in [0.2, 0.25) is 0 Å². The van der Waals surface area contributed by atoms with Crippen molar-refractivity contribution in [1.29, 1.82) is 0 Å². The average molecular weight is 242 g/mol. The lowest BCUT2D eigenvalue weighted by molar-refractivity contribution is 0.199. The highest BCUT2D eigenvalue weighted by molar-refractivity contribution is 9.10. The third kappa shape index (κ3) is 2.45. The highest BCUT2D eigenvalue weighted by Crippen LogP contribution is 2.18. The van der Waals surface area contributed by atoms with E-state index in [0.717, 1.165) is 29.9 Å². The lowest BCUT2D eigenvalue weighted by Crippen LogP contribution is -2.45. The van der Waals surface area contributed by atoms with Crippen LogP contribution in [0.5, 0.6) is 5.75 Å². The maximum absolute atomic E-state index is 5.62. The smallest absolute Gasteiger partial charge is 0.120 e. The third-order valence-electron chi connectivity index (χ3n) is 2.15. The second-order valence-electron chi connectivity index (χ2n) is 3.29. The van der Waals surface area contributed by atoms with Crippen LogP contribution in [-0.2, 0) is 0 Å². The van der Waals surface area contributed by atoms with E-state index in [2.05, 4.69) is 21.2 Å². The van der Waals surface area contributed by atoms with Gasteiger partial charge in [0.2, 0.25) is 0 Å². The molecule has 3 heteroatoms. The van der Waals surface area contributed by atoms with Gasteiger partial charge in [-0.25, -0.2) is 0 Å². The van der Waals surface area contributed by atoms with Crippen LogP contribution in [0.15, 0.2) is 28.7 Å². The Hall–Kier alpha value is -0.540. The van der Waals surface area contributed by atoms with Crippen LogP contribution in [0.25, 0.3) is 0 Å². The number of halogens is 1. The fraction of sp³-hybridized carbons (Fsp3) is 0.400. The lowest BCUT2D eigenvalue weighted by Gasteiger charge is -2.26. The van der Waals surface area contributed by atoms with E-state index in [1.165, 1.54) is 0 Å². The van der Waals surface area contributed by atoms with Gasteiger partial charge in [-0.05, 0) is 18.2 Å². The van der Waals surface area contributed by atoms with E-state index in [-0.39, 0.29) is 0 Å². The molecule has 0 unspecified atom stereocenters. The highest BCUT2D eigenvalue weighted by atomic mass is 79.9. The van der Waals surface area contributed by atoms with Crippen molar-refractivity contribution < 1.29 is 4.74 Å². The van der Waals surface area contributed by atoms with Gasteiger partial charge in [0.05, 0.1) is 6.61 Å². The lowest BCUT2D eigenvalue weighted by atomic mass is 10.1. The summed E-state index contributed by atoms with van der Waals surface area (Å²) in [6.45, 7) is 3.01. The van der Waals surface area contributed by atoms with Crippen molar-refractivity contribution in [2.24, 2.45) is 5.92 Å². The molecule has 0 aromatic heterocycles. The van der Waals surface area contributed by atoms with E-state index >= 15 is 0 Å². The van der Waals surface area contributed by atoms with Gasteiger partial charge in [-0.2, -0.15) is 0 Å². The zero-order chi connectivity index (χ0) is 9.10. The van der Waals surface area contributed by atoms with Crippen molar-refractivity contribution in [2.45, 2.75) is 0 Å². The molecule has 0 atom stereocenters. The number of ether oxygens (including phenoxy) is 1. The molecule has 1 heterocycles. The molecule has 13 heavy (non-hydrogen) atoms. The predicted octanol–water partition coefficient (Wildman–Crippen LogP) is 2.05. The first-order valence-corrected chi connectivity index (χ1v) is 5.23. The first kappa shape index (κ1) is 9.03. The summed E-state index contributed by atoms with van der Waals surface area (Å²) in [6.07, 6.45) is 0. The number of rotatable bonds is 3. The van der Waals surface area contributed by atoms with Gasteiger partial charge in [-0.15, -0.1) is 0 Å². The molecule has 0 saturated carbocycles. The van der Waals surface area contributed by atoms with Crippen molar-refractivity contribution in [3.8, 4) is 5.75 Å². The van der Waals surface area contributed by atoms with E-state index in [4.69, 9.17) is 4.74 Å². The Balaban J connectivity index is 1.86. The maximum Gasteiger partial charge on any atom is 0.120 e. The van der Waals surface area contributed by atoms with Gasteiger partial charge in [0.1, 0.15) is 5.75 Å². The summed E-state index contributed by atoms with van der Waals surface area (Å²) in [7, 11) is 0. The molecule has 0 bridgehead atoms. The van der Waals surface area contributed by atoms with Gasteiger partial charge in [0, 0.05) is 23.5 Å². The molecule has 1 aliphatic heterocycles. The Kier molecular flexibility index (Phi) is 2.86. The van der Waals surface area contributed by atoms with Gasteiger partial charge in [0.15, 0.2) is 0 Å². The van der Waals surface area contributed by atoms with Crippen LogP contribution in [-0.4, -0.2) is 19.7 Å². The largest absolute Gasteiger partial charge is 0.493 e. The highest BCUT2D eigenvalue weighted by Gasteiger charge is 2.16. The Labute approximate surface area is 86.4 Å². The molecular weight excluding hydrogens is 230 g/mol. The second kappa shape index (κ2) is 4.11. The summed E-state index contributed by atoms with van der Waals surface area (Å²) >= 11 is 3.41. The van der Waals surface area contributed by atoms with Crippen molar-refractivity contribution in [3.05, 3.63) is 28.7 Å². The fourth-order valence-electron chi connectivity index (χ4n) is 1.24. The minimum Gasteiger partial charge on any atom is -0.493 e. The van der Waals surface area contributed by atoms with Crippen LogP contribution in [0, 0.1) is 5.92 Å². The van der Waals surface area contributed by atoms with E-state index in [9.17, 15) is 0 Å². The van der Waals surface area contributed by atoms with Crippen molar-refractivity contribution in [1.82, 2.24) is 5.32 Å². The van der Waals surface area contributed by atoms with Gasteiger partial charge in [-0.3, -0.25) is 0 Å². The van der Waals surface area contributed by atoms with Gasteiger partial charge in [0.25, 0.3) is 0 Å². The van der Waals surface area contributed by atoms with Crippen LogP contribution in [0.3, 0.4) is 0 Å². The molecule has 0 spiro atoms. The number of hydrogen-bond donors (Lipinski definition) is 1. The number of benzene rings is 1. The summed E-state index contributed by atoms with van der Waals surface area (Å²) in [5, 5.41) is 3.22. The van der Waals surface area contributed by atoms with Gasteiger partial charge in [-0.1, -0.05) is 22.0 Å². The quantitative estimate of drug-likeness (QED) is 0.875. The Bertz CT molecular complexity index is 286. The van der Waals surface area contributed by atoms with E-state index in [0.29, 0.717) is 5.92 Å². The molecule has 1 N–H and O–H groups in total. The van der Waals surface area contributed by atoms with Gasteiger partial charge < -0.3 is 10.1 Å². The minimum atomic E-state index is 0.694. The fourth-order valence-corrected chi connectivity index (χ4v) is 1.62. The average Bonchev–Trinajstić information content (AvgIpc) is 2.01. The monoisotopic (exact) mass is 241 g/mol. The Morgan fingerprint density at radius 2 is 2.31 bits per heavy atom. The molecular formula is C10H12BrNO. The molecule has 0 radical (unpaired) electrons. The molecule has 1 aromatic rings. The first-order valence-electron chi connectivity index (χ1n) is 4.44. The Morgan fingerprint density at radius 1 is 1.46 bits per heavy atom. The predicted molar refractivity (Wildman–Crippen MR) is 56.0 cm³/mol. The standard InChI is InChI=1S/C10H12BrNO/c11-9-2-1-3-10(4-9)13-7-8-5-12-6-8/h1-4,8,12H,5-7H2. The topological polar surface area (TPSA) is 21.3 Å². The number of hydrogen-bond acceptors (Lipinski definition) is 2. The molecule has 1 aromatic carbocycles. The summed E-state index contributed by atoms with van der Waals surface area (Å²) in [6, 6.07) is 7.96. The van der Waals surface area contributed by atoms with Crippen molar-refractivity contribution >= 4 is 15.9 Å². The van der Waals surface area contributed by atoms with Gasteiger partial charge >= 0.3 is 0 Å². The zero-order valence-electron chi connectivity index (χ0n) is 7.29. The Morgan fingerprint density at radius 3 is 2.92 bits per heavy atom. The summed E-state index contributed by atoms with van der Waals surface area (Å²) in [5.74, 6) is 1.64. The SMILES string of the molecule is Brc1cccc(OCC2CNC2)c1. The van der Waals surface area contributed by atoms with Crippen LogP contribution in [0.1, 0.15) is 0 Å². The normalized spacial score (nSPS) is 16.7. The molecule has 2 rings (SSSR count). The molecule has 1 aliphatic rings. The van der Waals surface area contributed by atoms with E-state index in [1.807, 2.05) is 24.3 Å². The van der Waals surface area contributed by atoms with Crippen LogP contribution in [0.4, 0.5) is 0 Å². The summed E-state index contributed by atoms with van der Waals surface area (Å²) in [5.41, 5.74) is 0. The molecule has 2 nitrogen and oxygen atoms in total. The third-order valence-corrected chi connectivity index (χ3v) is 2.64. The molecule has 0 amide bonds. The molecule has 70 valence electrons. The van der Waals surface area contributed by atoms with E-state index < -0.39 is 0 Å². The summed E-state index contributed by atoms with van der Waals surface area (Å²) in [4.78, 5) is 0. The van der Waals surface area contributed by atoms with Crippen molar-refractivity contribution in [3.63, 3.8) is 0 Å². The van der Waals surface area contributed by atoms with Crippen LogP contribution < -0.4 is 10.1 Å². The van der Waals surface area contributed by atoms with E-state index in [1.54, 1.807) is 0 Å². The molecule has 1 saturated heterocycles. The molecule has 0 aliphatic carbocycles. The maximum atomic E-state index is 5.62. The minimum absolute atomic E-state index is 0.694. The summed E-state index contributed by atoms with van der Waals surface area (Å²) < 4.78 is 6.69. The number of nitrogens with one attached hydrogen (secondary N) is 1. The van der Waals surface area contributed by atoms with Crippen molar-refractivity contribution in [2.75, 3.05) is 19.7 Å². The first-order chi connectivity index (χ1) is 6.34. The van der Waals surface area contributed by atoms with Crippen LogP contribution >= 0.6 is 15.9 Å². The molecule has 1 fully saturated rings. The zero-order valence-corrected chi connectivity index (χ0v) is 8.88. The second-order valence-corrected chi connectivity index (χ2v) is 4.21.